The van der Waals surface area contributed by atoms with Gasteiger partial charge >= 0.3 is 6.09 Å². The van der Waals surface area contributed by atoms with Crippen LogP contribution >= 0.6 is 0 Å². The Morgan fingerprint density at radius 1 is 1.32 bits per heavy atom. The lowest BCUT2D eigenvalue weighted by molar-refractivity contribution is 0.114. The number of fused-ring (bicyclic) bond motifs is 1. The lowest BCUT2D eigenvalue weighted by atomic mass is 9.92. The summed E-state index contributed by atoms with van der Waals surface area (Å²) in [6.07, 6.45) is 5.41. The number of ether oxygens (including phenoxy) is 1. The second-order valence-corrected chi connectivity index (χ2v) is 6.90. The van der Waals surface area contributed by atoms with E-state index in [2.05, 4.69) is 33.1 Å². The minimum atomic E-state index is -0.320. The second-order valence-electron chi connectivity index (χ2n) is 6.90. The number of piperazine rings is 1. The Morgan fingerprint density at radius 3 is 2.92 bits per heavy atom. The van der Waals surface area contributed by atoms with Crippen LogP contribution in [0.25, 0.3) is 0 Å². The molecule has 1 aliphatic carbocycles. The Bertz CT molecular complexity index is 558. The van der Waals surface area contributed by atoms with Crippen LogP contribution in [-0.4, -0.2) is 66.8 Å². The minimum absolute atomic E-state index is 0.0143. The van der Waals surface area contributed by atoms with Crippen LogP contribution in [0.3, 0.4) is 0 Å². The maximum atomic E-state index is 12.1. The smallest absolute Gasteiger partial charge is 0.407 e. The van der Waals surface area contributed by atoms with Gasteiger partial charge in [-0.1, -0.05) is 13.0 Å². The normalized spacial score (nSPS) is 21.6. The number of carbonyl (C=O) groups excluding carboxylic acids is 1. The van der Waals surface area contributed by atoms with E-state index in [-0.39, 0.29) is 12.1 Å². The van der Waals surface area contributed by atoms with Gasteiger partial charge in [0.05, 0.1) is 18.3 Å². The summed E-state index contributed by atoms with van der Waals surface area (Å²) in [5.41, 5.74) is 2.24. The van der Waals surface area contributed by atoms with Crippen LogP contribution in [0.15, 0.2) is 18.3 Å². The first-order chi connectivity index (χ1) is 12.3. The monoisotopic (exact) mass is 346 g/mol. The number of likely N-dealkylation sites (N-methyl/N-ethyl adjacent to an activating group) is 1. The molecule has 1 aromatic heterocycles. The van der Waals surface area contributed by atoms with Gasteiger partial charge in [0.2, 0.25) is 0 Å². The fourth-order valence-electron chi connectivity index (χ4n) is 3.72. The first-order valence-corrected chi connectivity index (χ1v) is 9.58. The fourth-order valence-corrected chi connectivity index (χ4v) is 3.72. The highest BCUT2D eigenvalue weighted by Crippen LogP contribution is 2.27. The summed E-state index contributed by atoms with van der Waals surface area (Å²) in [6.45, 7) is 9.34. The van der Waals surface area contributed by atoms with E-state index in [0.29, 0.717) is 6.61 Å². The lowest BCUT2D eigenvalue weighted by Crippen LogP contribution is -2.46. The van der Waals surface area contributed by atoms with E-state index < -0.39 is 0 Å². The molecule has 1 aromatic rings. The number of carbonyl (C=O) groups is 1. The molecule has 3 rings (SSSR count). The molecule has 138 valence electrons. The molecule has 1 fully saturated rings. The Kier molecular flexibility index (Phi) is 6.64. The topological polar surface area (TPSA) is 57.7 Å². The molecule has 0 bridgehead atoms. The van der Waals surface area contributed by atoms with Crippen LogP contribution in [0.4, 0.5) is 4.79 Å². The summed E-state index contributed by atoms with van der Waals surface area (Å²) >= 11 is 0. The van der Waals surface area contributed by atoms with E-state index in [9.17, 15) is 4.79 Å². The van der Waals surface area contributed by atoms with Crippen LogP contribution in [0.1, 0.15) is 43.5 Å². The van der Waals surface area contributed by atoms with Gasteiger partial charge in [0, 0.05) is 38.9 Å². The molecular formula is C19H30N4O2. The summed E-state index contributed by atoms with van der Waals surface area (Å²) in [6, 6.07) is 4.04. The van der Waals surface area contributed by atoms with Gasteiger partial charge in [0.15, 0.2) is 0 Å². The molecule has 1 unspecified atom stereocenters. The average molecular weight is 346 g/mol. The summed E-state index contributed by atoms with van der Waals surface area (Å²) < 4.78 is 5.38. The standard InChI is InChI=1S/C19H30N4O2/c1-2-22-11-13-23(14-12-22)10-5-15-25-19(24)21-17-8-3-6-16-7-4-9-20-18(16)17/h4,7,9,17H,2-3,5-6,8,10-15H2,1H3,(H,21,24). The molecule has 0 radical (unpaired) electrons. The van der Waals surface area contributed by atoms with Crippen molar-refractivity contribution in [2.24, 2.45) is 0 Å². The average Bonchev–Trinajstić information content (AvgIpc) is 2.66. The summed E-state index contributed by atoms with van der Waals surface area (Å²) in [7, 11) is 0. The number of alkyl carbamates (subject to hydrolysis) is 1. The third-order valence-corrected chi connectivity index (χ3v) is 5.25. The van der Waals surface area contributed by atoms with Gasteiger partial charge in [-0.2, -0.15) is 0 Å². The molecule has 1 amide bonds. The molecule has 1 saturated heterocycles. The largest absolute Gasteiger partial charge is 0.449 e. The summed E-state index contributed by atoms with van der Waals surface area (Å²) in [5.74, 6) is 0. The number of rotatable bonds is 6. The molecule has 1 atom stereocenters. The van der Waals surface area contributed by atoms with E-state index in [1.807, 2.05) is 6.07 Å². The molecule has 1 N–H and O–H groups in total. The van der Waals surface area contributed by atoms with Crippen LogP contribution in [-0.2, 0) is 11.2 Å². The number of hydrogen-bond acceptors (Lipinski definition) is 5. The van der Waals surface area contributed by atoms with Crippen molar-refractivity contribution in [2.75, 3.05) is 45.9 Å². The van der Waals surface area contributed by atoms with Crippen molar-refractivity contribution in [1.82, 2.24) is 20.1 Å². The van der Waals surface area contributed by atoms with Crippen molar-refractivity contribution in [3.05, 3.63) is 29.6 Å². The number of aryl methyl sites for hydroxylation is 1. The SMILES string of the molecule is CCN1CCN(CCCOC(=O)NC2CCCc3cccnc32)CC1. The minimum Gasteiger partial charge on any atom is -0.449 e. The van der Waals surface area contributed by atoms with Gasteiger partial charge in [-0.3, -0.25) is 4.98 Å². The van der Waals surface area contributed by atoms with E-state index in [4.69, 9.17) is 4.74 Å². The predicted octanol–water partition coefficient (Wildman–Crippen LogP) is 2.21. The maximum Gasteiger partial charge on any atom is 0.407 e. The van der Waals surface area contributed by atoms with Crippen molar-refractivity contribution < 1.29 is 9.53 Å². The third-order valence-electron chi connectivity index (χ3n) is 5.25. The number of nitrogens with one attached hydrogen (secondary N) is 1. The quantitative estimate of drug-likeness (QED) is 0.801. The van der Waals surface area contributed by atoms with Gasteiger partial charge < -0.3 is 19.9 Å². The van der Waals surface area contributed by atoms with E-state index >= 15 is 0 Å². The Morgan fingerprint density at radius 2 is 2.12 bits per heavy atom. The molecule has 1 aliphatic heterocycles. The molecular weight excluding hydrogens is 316 g/mol. The first-order valence-electron chi connectivity index (χ1n) is 9.58. The van der Waals surface area contributed by atoms with Gasteiger partial charge in [0.1, 0.15) is 0 Å². The highest BCUT2D eigenvalue weighted by atomic mass is 16.5. The van der Waals surface area contributed by atoms with Crippen molar-refractivity contribution in [1.29, 1.82) is 0 Å². The molecule has 2 heterocycles. The number of pyridine rings is 1. The van der Waals surface area contributed by atoms with Crippen LogP contribution < -0.4 is 5.32 Å². The highest BCUT2D eigenvalue weighted by Gasteiger charge is 2.23. The Labute approximate surface area is 150 Å². The van der Waals surface area contributed by atoms with Gasteiger partial charge in [0.25, 0.3) is 0 Å². The number of nitrogens with zero attached hydrogens (tertiary/aromatic N) is 3. The molecule has 2 aliphatic rings. The maximum absolute atomic E-state index is 12.1. The fraction of sp³-hybridized carbons (Fsp3) is 0.684. The van der Waals surface area contributed by atoms with Gasteiger partial charge in [-0.15, -0.1) is 0 Å². The molecule has 0 saturated carbocycles. The predicted molar refractivity (Wildman–Crippen MR) is 97.6 cm³/mol. The molecule has 6 heteroatoms. The zero-order valence-corrected chi connectivity index (χ0v) is 15.2. The van der Waals surface area contributed by atoms with Gasteiger partial charge in [-0.05, 0) is 43.9 Å². The third kappa shape index (κ3) is 5.16. The molecule has 0 spiro atoms. The van der Waals surface area contributed by atoms with Crippen LogP contribution in [0.5, 0.6) is 0 Å². The Hall–Kier alpha value is -1.66. The lowest BCUT2D eigenvalue weighted by Gasteiger charge is -2.33. The van der Waals surface area contributed by atoms with Crippen molar-refractivity contribution in [3.63, 3.8) is 0 Å². The molecule has 0 aromatic carbocycles. The van der Waals surface area contributed by atoms with Crippen LogP contribution in [0, 0.1) is 0 Å². The number of amides is 1. The van der Waals surface area contributed by atoms with Gasteiger partial charge in [-0.25, -0.2) is 4.79 Å². The molecule has 6 nitrogen and oxygen atoms in total. The number of hydrogen-bond donors (Lipinski definition) is 1. The molecule has 25 heavy (non-hydrogen) atoms. The van der Waals surface area contributed by atoms with Crippen molar-refractivity contribution in [2.45, 2.75) is 38.6 Å². The zero-order chi connectivity index (χ0) is 17.5. The summed E-state index contributed by atoms with van der Waals surface area (Å²) in [5, 5.41) is 2.98. The highest BCUT2D eigenvalue weighted by molar-refractivity contribution is 5.67. The summed E-state index contributed by atoms with van der Waals surface area (Å²) in [4.78, 5) is 21.4. The van der Waals surface area contributed by atoms with E-state index in [1.54, 1.807) is 6.20 Å². The zero-order valence-electron chi connectivity index (χ0n) is 15.2. The van der Waals surface area contributed by atoms with Crippen molar-refractivity contribution in [3.8, 4) is 0 Å². The van der Waals surface area contributed by atoms with E-state index in [1.165, 1.54) is 5.56 Å². The van der Waals surface area contributed by atoms with Crippen LogP contribution in [0.2, 0.25) is 0 Å². The van der Waals surface area contributed by atoms with E-state index in [0.717, 1.165) is 70.6 Å². The first kappa shape index (κ1) is 18.1. The Balaban J connectivity index is 1.34. The second kappa shape index (κ2) is 9.15. The number of aromatic nitrogens is 1. The van der Waals surface area contributed by atoms with Crippen molar-refractivity contribution >= 4 is 6.09 Å².